The highest BCUT2D eigenvalue weighted by Gasteiger charge is 2.05. The molecule has 0 aliphatic rings. The summed E-state index contributed by atoms with van der Waals surface area (Å²) in [5.74, 6) is 0.718. The van der Waals surface area contributed by atoms with Crippen LogP contribution in [-0.4, -0.2) is 29.5 Å². The van der Waals surface area contributed by atoms with Gasteiger partial charge in [-0.1, -0.05) is 17.7 Å². The molecule has 0 aliphatic carbocycles. The molecule has 0 atom stereocenters. The van der Waals surface area contributed by atoms with Crippen LogP contribution in [0.25, 0.3) is 0 Å². The molecule has 118 valence electrons. The van der Waals surface area contributed by atoms with Gasteiger partial charge in [0.05, 0.1) is 13.3 Å². The minimum absolute atomic E-state index is 0.214. The van der Waals surface area contributed by atoms with Crippen molar-refractivity contribution in [3.8, 4) is 5.75 Å². The number of methoxy groups -OCH3 is 1. The first kappa shape index (κ1) is 16.2. The molecule has 2 amide bonds. The number of benzene rings is 1. The average molecular weight is 323 g/mol. The Hall–Kier alpha value is -2.21. The molecule has 2 N–H and O–H groups in total. The van der Waals surface area contributed by atoms with Gasteiger partial charge in [0.25, 0.3) is 0 Å². The highest BCUT2D eigenvalue weighted by atomic mass is 35.5. The fraction of sp³-hybridized carbons (Fsp3) is 0.333. The molecule has 2 aromatic rings. The Balaban J connectivity index is 1.72. The van der Waals surface area contributed by atoms with Crippen molar-refractivity contribution in [2.45, 2.75) is 13.0 Å². The van der Waals surface area contributed by atoms with Crippen LogP contribution >= 0.6 is 11.6 Å². The first-order valence-corrected chi connectivity index (χ1v) is 7.28. The van der Waals surface area contributed by atoms with Gasteiger partial charge in [0, 0.05) is 36.9 Å². The van der Waals surface area contributed by atoms with Gasteiger partial charge in [-0.3, -0.25) is 4.68 Å². The van der Waals surface area contributed by atoms with Crippen LogP contribution in [0.5, 0.6) is 5.75 Å². The SMILES string of the molecule is COc1ccc(CCNC(=O)NCc2cnn(C)c2)c(Cl)c1. The third kappa shape index (κ3) is 4.66. The van der Waals surface area contributed by atoms with E-state index in [1.54, 1.807) is 24.1 Å². The van der Waals surface area contributed by atoms with Crippen molar-refractivity contribution in [2.75, 3.05) is 13.7 Å². The van der Waals surface area contributed by atoms with Crippen molar-refractivity contribution in [2.24, 2.45) is 7.05 Å². The number of carbonyl (C=O) groups is 1. The Morgan fingerprint density at radius 1 is 1.41 bits per heavy atom. The lowest BCUT2D eigenvalue weighted by Crippen LogP contribution is -2.36. The molecular weight excluding hydrogens is 304 g/mol. The zero-order valence-corrected chi connectivity index (χ0v) is 13.4. The highest BCUT2D eigenvalue weighted by Crippen LogP contribution is 2.22. The first-order chi connectivity index (χ1) is 10.6. The topological polar surface area (TPSA) is 68.2 Å². The second kappa shape index (κ2) is 7.70. The fourth-order valence-corrected chi connectivity index (χ4v) is 2.24. The van der Waals surface area contributed by atoms with Gasteiger partial charge in [0.1, 0.15) is 5.75 Å². The third-order valence-corrected chi connectivity index (χ3v) is 3.50. The molecule has 2 rings (SSSR count). The van der Waals surface area contributed by atoms with E-state index in [9.17, 15) is 4.79 Å². The Kier molecular flexibility index (Phi) is 5.66. The molecule has 22 heavy (non-hydrogen) atoms. The lowest BCUT2D eigenvalue weighted by molar-refractivity contribution is 0.240. The number of nitrogens with one attached hydrogen (secondary N) is 2. The Bertz CT molecular complexity index is 642. The van der Waals surface area contributed by atoms with Crippen molar-refractivity contribution in [1.29, 1.82) is 0 Å². The summed E-state index contributed by atoms with van der Waals surface area (Å²) in [5.41, 5.74) is 1.92. The average Bonchev–Trinajstić information content (AvgIpc) is 2.92. The van der Waals surface area contributed by atoms with E-state index < -0.39 is 0 Å². The van der Waals surface area contributed by atoms with E-state index in [0.29, 0.717) is 24.5 Å². The number of urea groups is 1. The summed E-state index contributed by atoms with van der Waals surface area (Å²) in [6, 6.07) is 5.30. The first-order valence-electron chi connectivity index (χ1n) is 6.90. The number of nitrogens with zero attached hydrogens (tertiary/aromatic N) is 2. The van der Waals surface area contributed by atoms with Gasteiger partial charge >= 0.3 is 6.03 Å². The maximum Gasteiger partial charge on any atom is 0.315 e. The van der Waals surface area contributed by atoms with Crippen LogP contribution in [0.3, 0.4) is 0 Å². The molecule has 1 aromatic carbocycles. The molecule has 0 fully saturated rings. The van der Waals surface area contributed by atoms with Crippen LogP contribution in [0.1, 0.15) is 11.1 Å². The minimum Gasteiger partial charge on any atom is -0.497 e. The van der Waals surface area contributed by atoms with Crippen molar-refractivity contribution in [1.82, 2.24) is 20.4 Å². The van der Waals surface area contributed by atoms with Crippen LogP contribution in [0, 0.1) is 0 Å². The maximum absolute atomic E-state index is 11.7. The zero-order chi connectivity index (χ0) is 15.9. The number of rotatable bonds is 6. The van der Waals surface area contributed by atoms with E-state index in [1.165, 1.54) is 0 Å². The Labute approximate surface area is 134 Å². The van der Waals surface area contributed by atoms with Gasteiger partial charge in [0.2, 0.25) is 0 Å². The Morgan fingerprint density at radius 3 is 2.86 bits per heavy atom. The van der Waals surface area contributed by atoms with E-state index in [2.05, 4.69) is 15.7 Å². The summed E-state index contributed by atoms with van der Waals surface area (Å²) in [6.07, 6.45) is 4.23. The van der Waals surface area contributed by atoms with Crippen molar-refractivity contribution in [3.63, 3.8) is 0 Å². The van der Waals surface area contributed by atoms with Crippen molar-refractivity contribution < 1.29 is 9.53 Å². The number of aromatic nitrogens is 2. The number of aryl methyl sites for hydroxylation is 1. The van der Waals surface area contributed by atoms with Gasteiger partial charge in [-0.15, -0.1) is 0 Å². The number of amides is 2. The monoisotopic (exact) mass is 322 g/mol. The van der Waals surface area contributed by atoms with Crippen LogP contribution in [0.15, 0.2) is 30.6 Å². The summed E-state index contributed by atoms with van der Waals surface area (Å²) >= 11 is 6.15. The Morgan fingerprint density at radius 2 is 2.23 bits per heavy atom. The summed E-state index contributed by atoms with van der Waals surface area (Å²) in [5, 5.41) is 10.2. The number of hydrogen-bond acceptors (Lipinski definition) is 3. The summed E-state index contributed by atoms with van der Waals surface area (Å²) in [6.45, 7) is 0.952. The van der Waals surface area contributed by atoms with Crippen LogP contribution in [-0.2, 0) is 20.0 Å². The molecule has 0 unspecified atom stereocenters. The molecule has 0 saturated heterocycles. The van der Waals surface area contributed by atoms with Gasteiger partial charge in [-0.25, -0.2) is 4.79 Å². The lowest BCUT2D eigenvalue weighted by Gasteiger charge is -2.09. The second-order valence-electron chi connectivity index (χ2n) is 4.84. The molecule has 0 aliphatic heterocycles. The van der Waals surface area contributed by atoms with Gasteiger partial charge in [-0.05, 0) is 24.1 Å². The zero-order valence-electron chi connectivity index (χ0n) is 12.6. The predicted octanol–water partition coefficient (Wildman–Crippen LogP) is 2.12. The minimum atomic E-state index is -0.214. The largest absolute Gasteiger partial charge is 0.497 e. The molecule has 0 spiro atoms. The smallest absolute Gasteiger partial charge is 0.315 e. The molecule has 0 radical (unpaired) electrons. The van der Waals surface area contributed by atoms with Gasteiger partial charge in [-0.2, -0.15) is 5.10 Å². The van der Waals surface area contributed by atoms with Crippen molar-refractivity contribution >= 4 is 17.6 Å². The fourth-order valence-electron chi connectivity index (χ4n) is 1.98. The van der Waals surface area contributed by atoms with E-state index in [4.69, 9.17) is 16.3 Å². The quantitative estimate of drug-likeness (QED) is 0.856. The predicted molar refractivity (Wildman–Crippen MR) is 85.2 cm³/mol. The standard InChI is InChI=1S/C15H19ClN4O2/c1-20-10-11(9-19-20)8-18-15(21)17-6-5-12-3-4-13(22-2)7-14(12)16/h3-4,7,9-10H,5-6,8H2,1-2H3,(H2,17,18,21). The van der Waals surface area contributed by atoms with Crippen molar-refractivity contribution in [3.05, 3.63) is 46.7 Å². The van der Waals surface area contributed by atoms with Gasteiger partial charge < -0.3 is 15.4 Å². The summed E-state index contributed by atoms with van der Waals surface area (Å²) in [4.78, 5) is 11.7. The van der Waals surface area contributed by atoms with Gasteiger partial charge in [0.15, 0.2) is 0 Å². The lowest BCUT2D eigenvalue weighted by atomic mass is 10.1. The number of halogens is 1. The third-order valence-electron chi connectivity index (χ3n) is 3.15. The number of carbonyl (C=O) groups excluding carboxylic acids is 1. The maximum atomic E-state index is 11.7. The van der Waals surface area contributed by atoms with E-state index >= 15 is 0 Å². The van der Waals surface area contributed by atoms with Crippen LogP contribution in [0.2, 0.25) is 5.02 Å². The molecule has 7 heteroatoms. The van der Waals surface area contributed by atoms with E-state index in [0.717, 1.165) is 16.9 Å². The van der Waals surface area contributed by atoms with Crippen LogP contribution < -0.4 is 15.4 Å². The summed E-state index contributed by atoms with van der Waals surface area (Å²) < 4.78 is 6.79. The molecule has 1 heterocycles. The second-order valence-corrected chi connectivity index (χ2v) is 5.25. The molecule has 6 nitrogen and oxygen atoms in total. The molecule has 0 bridgehead atoms. The van der Waals surface area contributed by atoms with E-state index in [1.807, 2.05) is 25.4 Å². The molecule has 1 aromatic heterocycles. The number of hydrogen-bond donors (Lipinski definition) is 2. The summed E-state index contributed by atoms with van der Waals surface area (Å²) in [7, 11) is 3.43. The highest BCUT2D eigenvalue weighted by molar-refractivity contribution is 6.31. The number of ether oxygens (including phenoxy) is 1. The van der Waals surface area contributed by atoms with E-state index in [-0.39, 0.29) is 6.03 Å². The molecular formula is C15H19ClN4O2. The molecule has 0 saturated carbocycles. The van der Waals surface area contributed by atoms with Crippen LogP contribution in [0.4, 0.5) is 4.79 Å². The normalized spacial score (nSPS) is 10.3.